The van der Waals surface area contributed by atoms with Gasteiger partial charge < -0.3 is 23.8 Å². The Labute approximate surface area is 173 Å². The smallest absolute Gasteiger partial charge is 0.316 e. The first kappa shape index (κ1) is 20.9. The number of ether oxygens (including phenoxy) is 4. The van der Waals surface area contributed by atoms with Gasteiger partial charge in [-0.15, -0.1) is 11.8 Å². The summed E-state index contributed by atoms with van der Waals surface area (Å²) in [6.07, 6.45) is 0. The van der Waals surface area contributed by atoms with Crippen molar-refractivity contribution in [3.8, 4) is 17.2 Å². The van der Waals surface area contributed by atoms with E-state index < -0.39 is 5.97 Å². The lowest BCUT2D eigenvalue weighted by Crippen LogP contribution is -2.34. The van der Waals surface area contributed by atoms with E-state index in [1.807, 2.05) is 49.4 Å². The zero-order chi connectivity index (χ0) is 20.6. The van der Waals surface area contributed by atoms with Crippen LogP contribution in [0.5, 0.6) is 17.2 Å². The summed E-state index contributed by atoms with van der Waals surface area (Å²) in [6.45, 7) is 2.72. The Morgan fingerprint density at radius 3 is 2.59 bits per heavy atom. The van der Waals surface area contributed by atoms with E-state index in [-0.39, 0.29) is 25.1 Å². The van der Waals surface area contributed by atoms with Crippen LogP contribution in [-0.2, 0) is 20.9 Å². The second kappa shape index (κ2) is 10.1. The minimum absolute atomic E-state index is 0.133. The Morgan fingerprint density at radius 2 is 1.86 bits per heavy atom. The highest BCUT2D eigenvalue weighted by atomic mass is 32.2. The highest BCUT2D eigenvalue weighted by molar-refractivity contribution is 8.00. The molecule has 1 amide bonds. The third kappa shape index (κ3) is 5.80. The molecule has 7 nitrogen and oxygen atoms in total. The van der Waals surface area contributed by atoms with Crippen LogP contribution in [0.25, 0.3) is 0 Å². The van der Waals surface area contributed by atoms with Crippen molar-refractivity contribution < 1.29 is 28.5 Å². The minimum atomic E-state index is -0.432. The molecule has 0 saturated carbocycles. The Hall–Kier alpha value is -2.87. The first-order valence-corrected chi connectivity index (χ1v) is 10.2. The van der Waals surface area contributed by atoms with Gasteiger partial charge >= 0.3 is 5.97 Å². The Kier molecular flexibility index (Phi) is 7.24. The number of carbonyl (C=O) groups is 2. The number of rotatable bonds is 9. The molecular weight excluding hydrogens is 394 g/mol. The lowest BCUT2D eigenvalue weighted by Gasteiger charge is -2.21. The van der Waals surface area contributed by atoms with E-state index >= 15 is 0 Å². The molecule has 8 heteroatoms. The van der Waals surface area contributed by atoms with E-state index in [1.165, 1.54) is 11.8 Å². The summed E-state index contributed by atoms with van der Waals surface area (Å²) in [5, 5.41) is 0. The van der Waals surface area contributed by atoms with Gasteiger partial charge in [0, 0.05) is 18.0 Å². The zero-order valence-corrected chi connectivity index (χ0v) is 17.2. The molecule has 0 bridgehead atoms. The number of fused-ring (bicyclic) bond motifs is 1. The molecule has 1 aliphatic heterocycles. The normalized spacial score (nSPS) is 11.8. The average Bonchev–Trinajstić information content (AvgIpc) is 3.22. The van der Waals surface area contributed by atoms with Gasteiger partial charge in [0.2, 0.25) is 6.79 Å². The minimum Gasteiger partial charge on any atom is -0.497 e. The monoisotopic (exact) mass is 417 g/mol. The fraction of sp³-hybridized carbons (Fsp3) is 0.333. The van der Waals surface area contributed by atoms with Crippen LogP contribution in [-0.4, -0.2) is 49.6 Å². The second-order valence-electron chi connectivity index (χ2n) is 6.22. The van der Waals surface area contributed by atoms with Gasteiger partial charge in [-0.1, -0.05) is 6.07 Å². The van der Waals surface area contributed by atoms with Crippen molar-refractivity contribution in [1.29, 1.82) is 0 Å². The van der Waals surface area contributed by atoms with Gasteiger partial charge in [-0.2, -0.15) is 0 Å². The molecule has 1 aliphatic rings. The van der Waals surface area contributed by atoms with Crippen molar-refractivity contribution in [2.24, 2.45) is 0 Å². The number of esters is 1. The molecule has 0 aliphatic carbocycles. The predicted octanol–water partition coefficient (Wildman–Crippen LogP) is 3.11. The Balaban J connectivity index is 1.44. The highest BCUT2D eigenvalue weighted by Crippen LogP contribution is 2.32. The van der Waals surface area contributed by atoms with Crippen LogP contribution >= 0.6 is 11.8 Å². The lowest BCUT2D eigenvalue weighted by atomic mass is 10.2. The molecular formula is C21H23NO6S. The van der Waals surface area contributed by atoms with Crippen molar-refractivity contribution in [3.63, 3.8) is 0 Å². The maximum atomic E-state index is 12.4. The molecule has 0 fully saturated rings. The number of likely N-dealkylation sites (N-methyl/N-ethyl adjacent to an activating group) is 1. The zero-order valence-electron chi connectivity index (χ0n) is 16.4. The Morgan fingerprint density at radius 1 is 1.10 bits per heavy atom. The molecule has 2 aromatic rings. The van der Waals surface area contributed by atoms with Crippen LogP contribution in [0.1, 0.15) is 12.5 Å². The van der Waals surface area contributed by atoms with Crippen LogP contribution in [0.4, 0.5) is 0 Å². The van der Waals surface area contributed by atoms with E-state index in [0.29, 0.717) is 24.6 Å². The maximum absolute atomic E-state index is 12.4. The topological polar surface area (TPSA) is 74.3 Å². The summed E-state index contributed by atoms with van der Waals surface area (Å²) in [7, 11) is 1.60. The molecule has 0 atom stereocenters. The summed E-state index contributed by atoms with van der Waals surface area (Å²) in [5.74, 6) is 1.59. The summed E-state index contributed by atoms with van der Waals surface area (Å²) in [4.78, 5) is 27.0. The standard InChI is InChI=1S/C21H23NO6S/c1-3-22(11-15-4-9-18-19(10-15)28-14-27-18)20(23)12-26-21(24)13-29-17-7-5-16(25-2)6-8-17/h4-10H,3,11-14H2,1-2H3. The number of methoxy groups -OCH3 is 1. The van der Waals surface area contributed by atoms with Crippen LogP contribution in [0, 0.1) is 0 Å². The number of carbonyl (C=O) groups excluding carboxylic acids is 2. The molecule has 0 aromatic heterocycles. The number of hydrogen-bond acceptors (Lipinski definition) is 7. The van der Waals surface area contributed by atoms with Crippen LogP contribution in [0.3, 0.4) is 0 Å². The second-order valence-corrected chi connectivity index (χ2v) is 7.27. The third-order valence-electron chi connectivity index (χ3n) is 4.32. The summed E-state index contributed by atoms with van der Waals surface area (Å²) in [6, 6.07) is 13.0. The van der Waals surface area contributed by atoms with Crippen molar-refractivity contribution >= 4 is 23.6 Å². The fourth-order valence-corrected chi connectivity index (χ4v) is 3.42. The number of nitrogens with zero attached hydrogens (tertiary/aromatic N) is 1. The van der Waals surface area contributed by atoms with Crippen LogP contribution in [0.15, 0.2) is 47.4 Å². The van der Waals surface area contributed by atoms with Crippen LogP contribution in [0.2, 0.25) is 0 Å². The van der Waals surface area contributed by atoms with Gasteiger partial charge in [0.25, 0.3) is 5.91 Å². The van der Waals surface area contributed by atoms with Gasteiger partial charge in [-0.25, -0.2) is 0 Å². The Bertz CT molecular complexity index is 855. The first-order valence-electron chi connectivity index (χ1n) is 9.18. The van der Waals surface area contributed by atoms with E-state index in [0.717, 1.165) is 16.2 Å². The summed E-state index contributed by atoms with van der Waals surface area (Å²) < 4.78 is 20.9. The molecule has 3 rings (SSSR count). The van der Waals surface area contributed by atoms with Gasteiger partial charge in [-0.3, -0.25) is 9.59 Å². The van der Waals surface area contributed by atoms with Crippen LogP contribution < -0.4 is 14.2 Å². The van der Waals surface area contributed by atoms with E-state index in [1.54, 1.807) is 12.0 Å². The molecule has 0 unspecified atom stereocenters. The summed E-state index contributed by atoms with van der Waals surface area (Å²) >= 11 is 1.35. The van der Waals surface area contributed by atoms with Gasteiger partial charge in [0.1, 0.15) is 5.75 Å². The fourth-order valence-electron chi connectivity index (χ4n) is 2.73. The van der Waals surface area contributed by atoms with E-state index in [4.69, 9.17) is 18.9 Å². The molecule has 154 valence electrons. The number of benzene rings is 2. The predicted molar refractivity (Wildman–Crippen MR) is 108 cm³/mol. The number of thioether (sulfide) groups is 1. The SMILES string of the molecule is CCN(Cc1ccc2c(c1)OCO2)C(=O)COC(=O)CSc1ccc(OC)cc1. The van der Waals surface area contributed by atoms with Crippen molar-refractivity contribution in [1.82, 2.24) is 4.90 Å². The molecule has 0 spiro atoms. The lowest BCUT2D eigenvalue weighted by molar-refractivity contribution is -0.150. The van der Waals surface area contributed by atoms with Gasteiger partial charge in [0.05, 0.1) is 12.9 Å². The number of amides is 1. The van der Waals surface area contributed by atoms with E-state index in [2.05, 4.69) is 0 Å². The van der Waals surface area contributed by atoms with E-state index in [9.17, 15) is 9.59 Å². The molecule has 1 heterocycles. The molecule has 29 heavy (non-hydrogen) atoms. The maximum Gasteiger partial charge on any atom is 0.316 e. The molecule has 0 saturated heterocycles. The highest BCUT2D eigenvalue weighted by Gasteiger charge is 2.18. The molecule has 0 radical (unpaired) electrons. The number of hydrogen-bond donors (Lipinski definition) is 0. The van der Waals surface area contributed by atoms with Crippen molar-refractivity contribution in [3.05, 3.63) is 48.0 Å². The summed E-state index contributed by atoms with van der Waals surface area (Å²) in [5.41, 5.74) is 0.922. The van der Waals surface area contributed by atoms with Crippen molar-refractivity contribution in [2.45, 2.75) is 18.4 Å². The van der Waals surface area contributed by atoms with Gasteiger partial charge in [-0.05, 0) is 48.9 Å². The van der Waals surface area contributed by atoms with Gasteiger partial charge in [0.15, 0.2) is 18.1 Å². The molecule has 0 N–H and O–H groups in total. The first-order chi connectivity index (χ1) is 14.1. The quantitative estimate of drug-likeness (QED) is 0.458. The largest absolute Gasteiger partial charge is 0.497 e. The van der Waals surface area contributed by atoms with Crippen molar-refractivity contribution in [2.75, 3.05) is 32.8 Å². The average molecular weight is 417 g/mol. The molecule has 2 aromatic carbocycles. The third-order valence-corrected chi connectivity index (χ3v) is 5.30.